The van der Waals surface area contributed by atoms with Crippen molar-refractivity contribution in [3.05, 3.63) is 29.8 Å². The van der Waals surface area contributed by atoms with Crippen LogP contribution >= 0.6 is 0 Å². The molecular formula is C17H29N3. The van der Waals surface area contributed by atoms with Crippen molar-refractivity contribution in [1.29, 1.82) is 0 Å². The zero-order valence-electron chi connectivity index (χ0n) is 13.2. The van der Waals surface area contributed by atoms with Crippen molar-refractivity contribution in [3.8, 4) is 0 Å². The molecule has 1 aliphatic heterocycles. The van der Waals surface area contributed by atoms with Gasteiger partial charge in [0.25, 0.3) is 0 Å². The molecule has 1 aromatic carbocycles. The van der Waals surface area contributed by atoms with Gasteiger partial charge < -0.3 is 10.2 Å². The lowest BCUT2D eigenvalue weighted by Crippen LogP contribution is -2.52. The Morgan fingerprint density at radius 1 is 1.20 bits per heavy atom. The van der Waals surface area contributed by atoms with E-state index >= 15 is 0 Å². The van der Waals surface area contributed by atoms with E-state index in [0.29, 0.717) is 6.04 Å². The summed E-state index contributed by atoms with van der Waals surface area (Å²) >= 11 is 0. The number of nitrogens with one attached hydrogen (secondary N) is 1. The molecule has 112 valence electrons. The van der Waals surface area contributed by atoms with E-state index in [0.717, 1.165) is 26.2 Å². The van der Waals surface area contributed by atoms with E-state index in [-0.39, 0.29) is 0 Å². The third-order valence-electron chi connectivity index (χ3n) is 4.17. The van der Waals surface area contributed by atoms with Crippen molar-refractivity contribution in [2.45, 2.75) is 33.2 Å². The number of piperazine rings is 1. The van der Waals surface area contributed by atoms with Gasteiger partial charge in [-0.3, -0.25) is 4.90 Å². The Kier molecular flexibility index (Phi) is 5.86. The first kappa shape index (κ1) is 15.3. The van der Waals surface area contributed by atoms with Gasteiger partial charge in [-0.05, 0) is 44.5 Å². The second-order valence-corrected chi connectivity index (χ2v) is 5.92. The van der Waals surface area contributed by atoms with Crippen molar-refractivity contribution in [2.75, 3.05) is 44.2 Å². The fourth-order valence-corrected chi connectivity index (χ4v) is 2.86. The molecule has 1 aliphatic rings. The molecule has 1 fully saturated rings. The molecule has 2 rings (SSSR count). The maximum atomic E-state index is 3.53. The number of rotatable bonds is 6. The molecule has 0 aromatic heterocycles. The molecule has 3 nitrogen and oxygen atoms in total. The summed E-state index contributed by atoms with van der Waals surface area (Å²) in [5.41, 5.74) is 2.73. The van der Waals surface area contributed by atoms with E-state index in [4.69, 9.17) is 0 Å². The summed E-state index contributed by atoms with van der Waals surface area (Å²) in [6.07, 6.45) is 1.22. The SMILES string of the molecule is CCCNCC(C)N1CCN(c2cccc(C)c2)CC1. The van der Waals surface area contributed by atoms with Crippen molar-refractivity contribution >= 4 is 5.69 Å². The van der Waals surface area contributed by atoms with Crippen molar-refractivity contribution in [1.82, 2.24) is 10.2 Å². The molecular weight excluding hydrogens is 246 g/mol. The monoisotopic (exact) mass is 275 g/mol. The molecule has 0 spiro atoms. The standard InChI is InChI=1S/C17H29N3/c1-4-8-18-14-16(3)19-9-11-20(12-10-19)17-7-5-6-15(2)13-17/h5-7,13,16,18H,4,8-12,14H2,1-3H3. The Labute approximate surface area is 124 Å². The minimum Gasteiger partial charge on any atom is -0.369 e. The van der Waals surface area contributed by atoms with Crippen LogP contribution in [0.5, 0.6) is 0 Å². The van der Waals surface area contributed by atoms with E-state index in [9.17, 15) is 0 Å². The largest absolute Gasteiger partial charge is 0.369 e. The first-order valence-electron chi connectivity index (χ1n) is 7.97. The summed E-state index contributed by atoms with van der Waals surface area (Å²) in [5, 5.41) is 3.53. The number of nitrogens with zero attached hydrogens (tertiary/aromatic N) is 2. The molecule has 0 amide bonds. The second kappa shape index (κ2) is 7.65. The number of aryl methyl sites for hydroxylation is 1. The van der Waals surface area contributed by atoms with Crippen LogP contribution < -0.4 is 10.2 Å². The maximum Gasteiger partial charge on any atom is 0.0369 e. The second-order valence-electron chi connectivity index (χ2n) is 5.92. The molecule has 0 radical (unpaired) electrons. The van der Waals surface area contributed by atoms with Crippen LogP contribution in [0, 0.1) is 6.92 Å². The Balaban J connectivity index is 1.80. The fraction of sp³-hybridized carbons (Fsp3) is 0.647. The number of benzene rings is 1. The van der Waals surface area contributed by atoms with Gasteiger partial charge >= 0.3 is 0 Å². The third kappa shape index (κ3) is 4.22. The fourth-order valence-electron chi connectivity index (χ4n) is 2.86. The van der Waals surface area contributed by atoms with Gasteiger partial charge in [0.1, 0.15) is 0 Å². The van der Waals surface area contributed by atoms with Gasteiger partial charge in [0, 0.05) is 44.5 Å². The summed E-state index contributed by atoms with van der Waals surface area (Å²) < 4.78 is 0. The van der Waals surface area contributed by atoms with Crippen LogP contribution in [0.25, 0.3) is 0 Å². The molecule has 0 saturated carbocycles. The van der Waals surface area contributed by atoms with Crippen LogP contribution in [0.2, 0.25) is 0 Å². The van der Waals surface area contributed by atoms with Crippen LogP contribution in [0.3, 0.4) is 0 Å². The lowest BCUT2D eigenvalue weighted by molar-refractivity contribution is 0.193. The molecule has 0 aliphatic carbocycles. The van der Waals surface area contributed by atoms with E-state index in [1.165, 1.54) is 30.8 Å². The van der Waals surface area contributed by atoms with Gasteiger partial charge in [0.05, 0.1) is 0 Å². The molecule has 1 saturated heterocycles. The Hall–Kier alpha value is -1.06. The Bertz CT molecular complexity index is 397. The average molecular weight is 275 g/mol. The smallest absolute Gasteiger partial charge is 0.0369 e. The number of anilines is 1. The topological polar surface area (TPSA) is 18.5 Å². The summed E-state index contributed by atoms with van der Waals surface area (Å²) in [6, 6.07) is 9.49. The van der Waals surface area contributed by atoms with Gasteiger partial charge in [0.2, 0.25) is 0 Å². The van der Waals surface area contributed by atoms with Crippen molar-refractivity contribution < 1.29 is 0 Å². The van der Waals surface area contributed by atoms with E-state index in [2.05, 4.69) is 60.2 Å². The molecule has 3 heteroatoms. The third-order valence-corrected chi connectivity index (χ3v) is 4.17. The van der Waals surface area contributed by atoms with Crippen LogP contribution in [0.1, 0.15) is 25.8 Å². The summed E-state index contributed by atoms with van der Waals surface area (Å²) in [6.45, 7) is 13.6. The lowest BCUT2D eigenvalue weighted by atomic mass is 10.1. The molecule has 1 N–H and O–H groups in total. The van der Waals surface area contributed by atoms with E-state index in [1.54, 1.807) is 0 Å². The predicted octanol–water partition coefficient (Wildman–Crippen LogP) is 2.51. The Morgan fingerprint density at radius 2 is 1.95 bits per heavy atom. The summed E-state index contributed by atoms with van der Waals surface area (Å²) in [7, 11) is 0. The predicted molar refractivity (Wildman–Crippen MR) is 87.6 cm³/mol. The first-order valence-corrected chi connectivity index (χ1v) is 7.97. The molecule has 1 unspecified atom stereocenters. The van der Waals surface area contributed by atoms with Gasteiger partial charge in [-0.25, -0.2) is 0 Å². The molecule has 1 heterocycles. The van der Waals surface area contributed by atoms with E-state index < -0.39 is 0 Å². The highest BCUT2D eigenvalue weighted by Gasteiger charge is 2.20. The van der Waals surface area contributed by atoms with Crippen LogP contribution in [-0.2, 0) is 0 Å². The minimum absolute atomic E-state index is 0.640. The van der Waals surface area contributed by atoms with Gasteiger partial charge in [-0.1, -0.05) is 19.1 Å². The van der Waals surface area contributed by atoms with Crippen molar-refractivity contribution in [3.63, 3.8) is 0 Å². The maximum absolute atomic E-state index is 3.53. The van der Waals surface area contributed by atoms with Gasteiger partial charge in [-0.15, -0.1) is 0 Å². The van der Waals surface area contributed by atoms with Gasteiger partial charge in [0.15, 0.2) is 0 Å². The van der Waals surface area contributed by atoms with Gasteiger partial charge in [-0.2, -0.15) is 0 Å². The quantitative estimate of drug-likeness (QED) is 0.805. The highest BCUT2D eigenvalue weighted by molar-refractivity contribution is 5.48. The normalized spacial score (nSPS) is 18.2. The highest BCUT2D eigenvalue weighted by atomic mass is 15.3. The minimum atomic E-state index is 0.640. The summed E-state index contributed by atoms with van der Waals surface area (Å²) in [4.78, 5) is 5.12. The van der Waals surface area contributed by atoms with Crippen LogP contribution in [0.4, 0.5) is 5.69 Å². The number of hydrogen-bond acceptors (Lipinski definition) is 3. The molecule has 20 heavy (non-hydrogen) atoms. The molecule has 1 atom stereocenters. The van der Waals surface area contributed by atoms with Crippen molar-refractivity contribution in [2.24, 2.45) is 0 Å². The molecule has 1 aromatic rings. The van der Waals surface area contributed by atoms with E-state index in [1.807, 2.05) is 0 Å². The van der Waals surface area contributed by atoms with Crippen LogP contribution in [0.15, 0.2) is 24.3 Å². The zero-order valence-corrected chi connectivity index (χ0v) is 13.2. The first-order chi connectivity index (χ1) is 9.70. The average Bonchev–Trinajstić information content (AvgIpc) is 2.47. The lowest BCUT2D eigenvalue weighted by Gasteiger charge is -2.39. The highest BCUT2D eigenvalue weighted by Crippen LogP contribution is 2.18. The number of hydrogen-bond donors (Lipinski definition) is 1. The van der Waals surface area contributed by atoms with Crippen LogP contribution in [-0.4, -0.2) is 50.2 Å². The molecule has 0 bridgehead atoms. The summed E-state index contributed by atoms with van der Waals surface area (Å²) in [5.74, 6) is 0. The Morgan fingerprint density at radius 3 is 2.60 bits per heavy atom. The zero-order chi connectivity index (χ0) is 14.4.